The molecule has 146 valence electrons. The zero-order valence-electron chi connectivity index (χ0n) is 14.2. The quantitative estimate of drug-likeness (QED) is 0.477. The van der Waals surface area contributed by atoms with Gasteiger partial charge < -0.3 is 35.0 Å². The Kier molecular flexibility index (Phi) is 5.80. The molecule has 0 radical (unpaired) electrons. The van der Waals surface area contributed by atoms with Crippen molar-refractivity contribution in [2.24, 2.45) is 0 Å². The van der Waals surface area contributed by atoms with Crippen LogP contribution >= 0.6 is 11.6 Å². The van der Waals surface area contributed by atoms with E-state index in [0.717, 1.165) is 0 Å². The Morgan fingerprint density at radius 2 is 1.96 bits per heavy atom. The minimum absolute atomic E-state index is 0.0706. The van der Waals surface area contributed by atoms with Crippen LogP contribution in [-0.4, -0.2) is 68.7 Å². The molecule has 2 heterocycles. The van der Waals surface area contributed by atoms with Crippen LogP contribution in [0.3, 0.4) is 0 Å². The molecule has 1 saturated heterocycles. The van der Waals surface area contributed by atoms with Crippen molar-refractivity contribution in [3.8, 4) is 11.3 Å². The number of ether oxygens (including phenoxy) is 1. The van der Waals surface area contributed by atoms with Crippen LogP contribution in [0.1, 0.15) is 16.1 Å². The predicted octanol–water partition coefficient (Wildman–Crippen LogP) is -0.167. The molecular formula is C17H19ClN2O7. The third kappa shape index (κ3) is 3.70. The highest BCUT2D eigenvalue weighted by atomic mass is 35.5. The fourth-order valence-electron chi connectivity index (χ4n) is 2.95. The van der Waals surface area contributed by atoms with Gasteiger partial charge in [-0.3, -0.25) is 4.79 Å². The summed E-state index contributed by atoms with van der Waals surface area (Å²) in [6, 6.07) is 5.42. The Bertz CT molecular complexity index is 827. The van der Waals surface area contributed by atoms with Gasteiger partial charge >= 0.3 is 0 Å². The molecule has 1 unspecified atom stereocenters. The van der Waals surface area contributed by atoms with Gasteiger partial charge in [0.1, 0.15) is 41.4 Å². The summed E-state index contributed by atoms with van der Waals surface area (Å²) in [6.07, 6.45) is -5.85. The highest BCUT2D eigenvalue weighted by molar-refractivity contribution is 6.33. The molecule has 27 heavy (non-hydrogen) atoms. The average Bonchev–Trinajstić information content (AvgIpc) is 3.03. The number of halogens is 1. The first-order chi connectivity index (χ1) is 12.8. The number of aliphatic hydroxyl groups excluding tert-OH is 4. The van der Waals surface area contributed by atoms with Crippen LogP contribution in [0.4, 0.5) is 0 Å². The van der Waals surface area contributed by atoms with E-state index in [2.05, 4.69) is 10.5 Å². The van der Waals surface area contributed by atoms with Crippen molar-refractivity contribution in [1.82, 2.24) is 10.5 Å². The Morgan fingerprint density at radius 1 is 1.26 bits per heavy atom. The maximum atomic E-state index is 12.8. The number of benzene rings is 1. The topological polar surface area (TPSA) is 145 Å². The summed E-state index contributed by atoms with van der Waals surface area (Å²) < 4.78 is 10.2. The first-order valence-corrected chi connectivity index (χ1v) is 8.55. The molecule has 1 aromatic heterocycles. The summed E-state index contributed by atoms with van der Waals surface area (Å²) in [5, 5.41) is 45.9. The maximum absolute atomic E-state index is 12.8. The van der Waals surface area contributed by atoms with Crippen LogP contribution in [0.2, 0.25) is 5.02 Å². The molecule has 10 heteroatoms. The fraction of sp³-hybridized carbons (Fsp3) is 0.412. The lowest BCUT2D eigenvalue weighted by Crippen LogP contribution is -2.64. The molecule has 9 nitrogen and oxygen atoms in total. The lowest BCUT2D eigenvalue weighted by Gasteiger charge is -2.40. The van der Waals surface area contributed by atoms with Gasteiger partial charge in [-0.1, -0.05) is 35.0 Å². The highest BCUT2D eigenvalue weighted by Crippen LogP contribution is 2.31. The Hall–Kier alpha value is -2.01. The van der Waals surface area contributed by atoms with Crippen molar-refractivity contribution < 1.29 is 34.5 Å². The molecule has 1 fully saturated rings. The van der Waals surface area contributed by atoms with Crippen LogP contribution in [0.5, 0.6) is 0 Å². The van der Waals surface area contributed by atoms with Crippen LogP contribution < -0.4 is 5.32 Å². The summed E-state index contributed by atoms with van der Waals surface area (Å²) >= 11 is 6.16. The van der Waals surface area contributed by atoms with Gasteiger partial charge in [-0.05, 0) is 13.0 Å². The minimum Gasteiger partial charge on any atom is -0.394 e. The van der Waals surface area contributed by atoms with Gasteiger partial charge in [-0.2, -0.15) is 0 Å². The SMILES string of the molecule is Cc1onc(-c2ccccc2Cl)c1C(=O)N[C@H]1C(O)O[C@H](CO)[C@@H](O)[C@@H]1O. The molecule has 1 aliphatic heterocycles. The molecule has 0 saturated carbocycles. The van der Waals surface area contributed by atoms with E-state index < -0.39 is 43.2 Å². The Morgan fingerprint density at radius 3 is 2.63 bits per heavy atom. The number of hydrogen-bond donors (Lipinski definition) is 5. The van der Waals surface area contributed by atoms with Crippen LogP contribution in [0.15, 0.2) is 28.8 Å². The fourth-order valence-corrected chi connectivity index (χ4v) is 3.18. The molecule has 1 aromatic carbocycles. The van der Waals surface area contributed by atoms with E-state index in [4.69, 9.17) is 26.0 Å². The van der Waals surface area contributed by atoms with Gasteiger partial charge in [-0.15, -0.1) is 0 Å². The lowest BCUT2D eigenvalue weighted by atomic mass is 9.96. The van der Waals surface area contributed by atoms with Crippen molar-refractivity contribution in [3.05, 3.63) is 40.6 Å². The highest BCUT2D eigenvalue weighted by Gasteiger charge is 2.44. The number of nitrogens with one attached hydrogen (secondary N) is 1. The minimum atomic E-state index is -1.63. The third-order valence-electron chi connectivity index (χ3n) is 4.42. The molecule has 3 rings (SSSR count). The lowest BCUT2D eigenvalue weighted by molar-refractivity contribution is -0.252. The van der Waals surface area contributed by atoms with E-state index in [9.17, 15) is 20.1 Å². The van der Waals surface area contributed by atoms with Crippen LogP contribution in [-0.2, 0) is 4.74 Å². The van der Waals surface area contributed by atoms with E-state index in [0.29, 0.717) is 10.6 Å². The number of amides is 1. The monoisotopic (exact) mass is 398 g/mol. The summed E-state index contributed by atoms with van der Waals surface area (Å²) in [5.74, 6) is -0.498. The molecular weight excluding hydrogens is 380 g/mol. The molecule has 0 aliphatic carbocycles. The summed E-state index contributed by atoms with van der Waals surface area (Å²) in [4.78, 5) is 12.8. The van der Waals surface area contributed by atoms with Gasteiger partial charge in [0, 0.05) is 5.56 Å². The maximum Gasteiger partial charge on any atom is 0.257 e. The number of nitrogens with zero attached hydrogens (tertiary/aromatic N) is 1. The van der Waals surface area contributed by atoms with Crippen molar-refractivity contribution in [2.75, 3.05) is 6.61 Å². The van der Waals surface area contributed by atoms with Crippen molar-refractivity contribution in [1.29, 1.82) is 0 Å². The predicted molar refractivity (Wildman–Crippen MR) is 92.9 cm³/mol. The van der Waals surface area contributed by atoms with Gasteiger partial charge in [0.05, 0.1) is 11.6 Å². The van der Waals surface area contributed by atoms with E-state index in [1.165, 1.54) is 6.92 Å². The van der Waals surface area contributed by atoms with E-state index in [-0.39, 0.29) is 17.0 Å². The molecule has 1 aliphatic rings. The second kappa shape index (κ2) is 7.93. The standard InChI is InChI=1S/C17H19ClN2O7/c1-7-11(12(20-27-7)8-4-2-3-5-9(8)18)16(24)19-13-15(23)14(22)10(6-21)26-17(13)25/h2-5,10,13-15,17,21-23,25H,6H2,1H3,(H,19,24)/t10-,13-,14-,15-,17?/m1/s1. The molecule has 0 bridgehead atoms. The van der Waals surface area contributed by atoms with E-state index in [1.807, 2.05) is 0 Å². The van der Waals surface area contributed by atoms with Gasteiger partial charge in [0.15, 0.2) is 6.29 Å². The molecule has 5 N–H and O–H groups in total. The number of rotatable bonds is 4. The zero-order valence-corrected chi connectivity index (χ0v) is 15.0. The smallest absolute Gasteiger partial charge is 0.257 e. The second-order valence-electron chi connectivity index (χ2n) is 6.17. The molecule has 0 spiro atoms. The number of aliphatic hydroxyl groups is 4. The first-order valence-electron chi connectivity index (χ1n) is 8.17. The number of aromatic nitrogens is 1. The van der Waals surface area contributed by atoms with Crippen molar-refractivity contribution in [2.45, 2.75) is 37.6 Å². The summed E-state index contributed by atoms with van der Waals surface area (Å²) in [5.41, 5.74) is 0.744. The van der Waals surface area contributed by atoms with Gasteiger partial charge in [-0.25, -0.2) is 0 Å². The first kappa shape index (κ1) is 19.7. The number of carbonyl (C=O) groups is 1. The molecule has 5 atom stereocenters. The van der Waals surface area contributed by atoms with Crippen molar-refractivity contribution in [3.63, 3.8) is 0 Å². The van der Waals surface area contributed by atoms with Gasteiger partial charge in [0.25, 0.3) is 5.91 Å². The van der Waals surface area contributed by atoms with E-state index >= 15 is 0 Å². The van der Waals surface area contributed by atoms with E-state index in [1.54, 1.807) is 24.3 Å². The number of hydrogen-bond acceptors (Lipinski definition) is 8. The average molecular weight is 399 g/mol. The normalized spacial score (nSPS) is 28.1. The summed E-state index contributed by atoms with van der Waals surface area (Å²) in [6.45, 7) is 0.931. The summed E-state index contributed by atoms with van der Waals surface area (Å²) in [7, 11) is 0. The van der Waals surface area contributed by atoms with Gasteiger partial charge in [0.2, 0.25) is 0 Å². The third-order valence-corrected chi connectivity index (χ3v) is 4.75. The van der Waals surface area contributed by atoms with Crippen LogP contribution in [0.25, 0.3) is 11.3 Å². The molecule has 2 aromatic rings. The molecule has 1 amide bonds. The zero-order chi connectivity index (χ0) is 19.7. The second-order valence-corrected chi connectivity index (χ2v) is 6.58. The van der Waals surface area contributed by atoms with Crippen LogP contribution in [0, 0.1) is 6.92 Å². The largest absolute Gasteiger partial charge is 0.394 e. The van der Waals surface area contributed by atoms with Crippen molar-refractivity contribution >= 4 is 17.5 Å². The Labute approximate surface area is 159 Å². The Balaban J connectivity index is 1.87. The number of aryl methyl sites for hydroxylation is 1. The number of carbonyl (C=O) groups excluding carboxylic acids is 1.